The lowest BCUT2D eigenvalue weighted by molar-refractivity contribution is -0.134. The van der Waals surface area contributed by atoms with Gasteiger partial charge in [0, 0.05) is 43.9 Å². The van der Waals surface area contributed by atoms with Gasteiger partial charge in [0.1, 0.15) is 17.3 Å². The topological polar surface area (TPSA) is 150 Å². The van der Waals surface area contributed by atoms with E-state index in [1.165, 1.54) is 30.5 Å². The highest BCUT2D eigenvalue weighted by atomic mass is 19.1. The van der Waals surface area contributed by atoms with Crippen molar-refractivity contribution < 1.29 is 37.8 Å². The summed E-state index contributed by atoms with van der Waals surface area (Å²) in [6.45, 7) is 0.824. The van der Waals surface area contributed by atoms with E-state index >= 15 is 0 Å². The summed E-state index contributed by atoms with van der Waals surface area (Å²) in [7, 11) is 0. The molecule has 0 spiro atoms. The van der Waals surface area contributed by atoms with Crippen molar-refractivity contribution in [1.29, 1.82) is 0 Å². The van der Waals surface area contributed by atoms with Gasteiger partial charge in [-0.05, 0) is 91.1 Å². The van der Waals surface area contributed by atoms with Crippen LogP contribution in [-0.2, 0) is 16.0 Å². The highest BCUT2D eigenvalue weighted by Crippen LogP contribution is 2.31. The molecule has 0 atom stereocenters. The fourth-order valence-electron chi connectivity index (χ4n) is 5.10. The number of anilines is 1. The monoisotopic (exact) mass is 642 g/mol. The third kappa shape index (κ3) is 8.97. The first-order valence-electron chi connectivity index (χ1n) is 15.3. The number of ether oxygens (including phenoxy) is 1. The van der Waals surface area contributed by atoms with Crippen LogP contribution in [-0.4, -0.2) is 66.4 Å². The molecular weight excluding hydrogens is 607 g/mol. The molecular formula is C35H35FN4O7. The predicted molar refractivity (Wildman–Crippen MR) is 172 cm³/mol. The van der Waals surface area contributed by atoms with Crippen LogP contribution < -0.4 is 20.7 Å². The molecule has 4 aromatic rings. The van der Waals surface area contributed by atoms with Gasteiger partial charge in [-0.2, -0.15) is 0 Å². The van der Waals surface area contributed by atoms with Gasteiger partial charge >= 0.3 is 0 Å². The number of phenols is 1. The first kappa shape index (κ1) is 32.7. The Hall–Kier alpha value is -5.65. The van der Waals surface area contributed by atoms with Gasteiger partial charge in [0.25, 0.3) is 17.7 Å². The number of halogens is 1. The molecule has 0 unspecified atom stereocenters. The number of amides is 4. The van der Waals surface area contributed by atoms with Crippen molar-refractivity contribution in [1.82, 2.24) is 15.5 Å². The van der Waals surface area contributed by atoms with Crippen LogP contribution in [0.5, 0.6) is 11.5 Å². The van der Waals surface area contributed by atoms with Gasteiger partial charge < -0.3 is 35.1 Å². The summed E-state index contributed by atoms with van der Waals surface area (Å²) in [5.41, 5.74) is 2.13. The van der Waals surface area contributed by atoms with Gasteiger partial charge in [0.05, 0.1) is 11.8 Å². The summed E-state index contributed by atoms with van der Waals surface area (Å²) in [6.07, 6.45) is 2.89. The third-order valence-electron chi connectivity index (χ3n) is 7.61. The second-order valence-corrected chi connectivity index (χ2v) is 11.0. The molecule has 47 heavy (non-hydrogen) atoms. The molecule has 3 aromatic carbocycles. The molecule has 0 saturated heterocycles. The van der Waals surface area contributed by atoms with Crippen molar-refractivity contribution in [3.05, 3.63) is 102 Å². The maximum Gasteiger partial charge on any atom is 0.291 e. The fraction of sp³-hybridized carbons (Fsp3) is 0.257. The van der Waals surface area contributed by atoms with Crippen LogP contribution >= 0.6 is 0 Å². The van der Waals surface area contributed by atoms with Crippen molar-refractivity contribution >= 4 is 29.3 Å². The van der Waals surface area contributed by atoms with E-state index < -0.39 is 17.6 Å². The number of phenolic OH excluding ortho intramolecular Hbond substituents is 1. The molecule has 1 aliphatic heterocycles. The lowest BCUT2D eigenvalue weighted by atomic mass is 9.98. The second-order valence-electron chi connectivity index (χ2n) is 11.0. The molecule has 0 aliphatic carbocycles. The summed E-state index contributed by atoms with van der Waals surface area (Å²) in [4.78, 5) is 52.4. The number of fused-ring (bicyclic) bond motifs is 5. The predicted octanol–water partition coefficient (Wildman–Crippen LogP) is 4.52. The Kier molecular flexibility index (Phi) is 10.8. The highest BCUT2D eigenvalue weighted by molar-refractivity contribution is 6.02. The molecule has 0 fully saturated rings. The second kappa shape index (κ2) is 15.6. The molecule has 11 nitrogen and oxygen atoms in total. The van der Waals surface area contributed by atoms with Crippen LogP contribution in [0.1, 0.15) is 45.7 Å². The standard InChI is InChI=1S/C35H35FN4O7/c36-29-12-7-24-21-28(29)34(44)38-15-3-18-40(17-1-5-32(42)37-16-14-23-6-13-30(41)27(24)20-23)33(43)22-47-26-10-8-25(9-11-26)39-35(45)31-4-2-19-46-31/h2,4,6-13,19-21,41H,1,3,5,14-18,22H2,(H,37,42)(H,38,44)(H,39,45). The van der Waals surface area contributed by atoms with Crippen LogP contribution in [0.3, 0.4) is 0 Å². The number of hydrogen-bond acceptors (Lipinski definition) is 7. The molecule has 1 aliphatic rings. The number of rotatable bonds is 5. The molecule has 244 valence electrons. The smallest absolute Gasteiger partial charge is 0.291 e. The van der Waals surface area contributed by atoms with Crippen molar-refractivity contribution in [2.45, 2.75) is 25.7 Å². The molecule has 4 amide bonds. The summed E-state index contributed by atoms with van der Waals surface area (Å²) < 4.78 is 25.5. The number of nitrogens with one attached hydrogen (secondary N) is 3. The largest absolute Gasteiger partial charge is 0.507 e. The van der Waals surface area contributed by atoms with Gasteiger partial charge in [0.2, 0.25) is 5.91 Å². The molecule has 5 rings (SSSR count). The highest BCUT2D eigenvalue weighted by Gasteiger charge is 2.18. The van der Waals surface area contributed by atoms with E-state index in [-0.39, 0.29) is 55.0 Å². The summed E-state index contributed by atoms with van der Waals surface area (Å²) in [5, 5.41) is 18.8. The van der Waals surface area contributed by atoms with Crippen molar-refractivity contribution in [2.24, 2.45) is 0 Å². The number of carbonyl (C=O) groups is 4. The zero-order chi connectivity index (χ0) is 33.2. The van der Waals surface area contributed by atoms with E-state index in [0.29, 0.717) is 54.9 Å². The first-order chi connectivity index (χ1) is 22.8. The molecule has 0 saturated carbocycles. The Labute approximate surface area is 270 Å². The molecule has 2 heterocycles. The summed E-state index contributed by atoms with van der Waals surface area (Å²) in [6, 6.07) is 18.8. The van der Waals surface area contributed by atoms with Gasteiger partial charge in [-0.25, -0.2) is 4.39 Å². The zero-order valence-corrected chi connectivity index (χ0v) is 25.6. The van der Waals surface area contributed by atoms with E-state index in [1.54, 1.807) is 53.4 Å². The Morgan fingerprint density at radius 3 is 2.51 bits per heavy atom. The first-order valence-corrected chi connectivity index (χ1v) is 15.3. The van der Waals surface area contributed by atoms with E-state index in [9.17, 15) is 28.7 Å². The van der Waals surface area contributed by atoms with Crippen molar-refractivity contribution in [3.8, 4) is 22.6 Å². The van der Waals surface area contributed by atoms with Crippen LogP contribution in [0.2, 0.25) is 0 Å². The Morgan fingerprint density at radius 2 is 1.72 bits per heavy atom. The average molecular weight is 643 g/mol. The lowest BCUT2D eigenvalue weighted by Gasteiger charge is -2.23. The maximum atomic E-state index is 14.7. The van der Waals surface area contributed by atoms with Crippen LogP contribution in [0, 0.1) is 5.82 Å². The van der Waals surface area contributed by atoms with Gasteiger partial charge in [-0.3, -0.25) is 19.2 Å². The zero-order valence-electron chi connectivity index (χ0n) is 25.6. The lowest BCUT2D eigenvalue weighted by Crippen LogP contribution is -2.38. The summed E-state index contributed by atoms with van der Waals surface area (Å²) >= 11 is 0. The number of furan rings is 1. The van der Waals surface area contributed by atoms with Crippen LogP contribution in [0.15, 0.2) is 83.5 Å². The van der Waals surface area contributed by atoms with E-state index in [0.717, 1.165) is 5.56 Å². The van der Waals surface area contributed by atoms with E-state index in [1.807, 2.05) is 0 Å². The number of carbonyl (C=O) groups excluding carboxylic acids is 4. The Balaban J connectivity index is 1.21. The maximum absolute atomic E-state index is 14.7. The molecule has 4 bridgehead atoms. The SMILES string of the molecule is O=C1CCCN(C(=O)COc2ccc(NC(=O)c3ccco3)cc2)CCCNC(=O)c2cc(ccc2F)-c2cc(ccc2O)CCN1. The van der Waals surface area contributed by atoms with Crippen molar-refractivity contribution in [2.75, 3.05) is 38.1 Å². The average Bonchev–Trinajstić information content (AvgIpc) is 3.62. The Bertz CT molecular complexity index is 1720. The minimum atomic E-state index is -0.697. The van der Waals surface area contributed by atoms with Crippen LogP contribution in [0.4, 0.5) is 10.1 Å². The van der Waals surface area contributed by atoms with E-state index in [2.05, 4.69) is 16.0 Å². The fourth-order valence-corrected chi connectivity index (χ4v) is 5.10. The molecule has 12 heteroatoms. The minimum Gasteiger partial charge on any atom is -0.507 e. The number of hydrogen-bond donors (Lipinski definition) is 4. The molecule has 1 aromatic heterocycles. The van der Waals surface area contributed by atoms with Crippen molar-refractivity contribution in [3.63, 3.8) is 0 Å². The minimum absolute atomic E-state index is 0.0120. The normalized spacial score (nSPS) is 14.5. The number of nitrogens with zero attached hydrogens (tertiary/aromatic N) is 1. The Morgan fingerprint density at radius 1 is 0.915 bits per heavy atom. The van der Waals surface area contributed by atoms with Gasteiger partial charge in [-0.15, -0.1) is 0 Å². The summed E-state index contributed by atoms with van der Waals surface area (Å²) in [5.74, 6) is -1.59. The third-order valence-corrected chi connectivity index (χ3v) is 7.61. The van der Waals surface area contributed by atoms with Crippen LogP contribution in [0.25, 0.3) is 11.1 Å². The molecule has 0 radical (unpaired) electrons. The molecule has 4 N–H and O–H groups in total. The van der Waals surface area contributed by atoms with Gasteiger partial charge in [0.15, 0.2) is 12.4 Å². The van der Waals surface area contributed by atoms with Gasteiger partial charge in [-0.1, -0.05) is 12.1 Å². The number of benzene rings is 3. The quantitative estimate of drug-likeness (QED) is 0.250. The van der Waals surface area contributed by atoms with E-state index in [4.69, 9.17) is 9.15 Å². The number of aromatic hydroxyl groups is 1.